The molecule has 1 aromatic heterocycles. The predicted molar refractivity (Wildman–Crippen MR) is 119 cm³/mol. The number of nitrogens with zero attached hydrogens (tertiary/aromatic N) is 1. The Morgan fingerprint density at radius 2 is 1.83 bits per heavy atom. The standard InChI is InChI=1S/C25H39FN2O/c1-4-6-7-8-9-10-18-29-24-15-14-22(19-23(24)26)20(3)12-11-13-21(5-2)25-27-16-17-28-25/h14-17,19-21H,4-13,18H2,1-3H3,(H,27,28). The Morgan fingerprint density at radius 1 is 1.03 bits per heavy atom. The van der Waals surface area contributed by atoms with Crippen molar-refractivity contribution in [1.82, 2.24) is 9.97 Å². The molecule has 2 atom stereocenters. The SMILES string of the molecule is CCCCCCCCOc1ccc(C(C)CCCC(CC)c2ncc[nH]2)cc1F. The minimum absolute atomic E-state index is 0.234. The zero-order chi connectivity index (χ0) is 20.9. The van der Waals surface area contributed by atoms with Crippen LogP contribution in [0.2, 0.25) is 0 Å². The predicted octanol–water partition coefficient (Wildman–Crippen LogP) is 7.76. The first-order chi connectivity index (χ1) is 14.2. The van der Waals surface area contributed by atoms with Crippen LogP contribution in [0.5, 0.6) is 5.75 Å². The maximum Gasteiger partial charge on any atom is 0.165 e. The maximum atomic E-state index is 14.4. The Bertz CT molecular complexity index is 671. The second-order valence-electron chi connectivity index (χ2n) is 8.22. The summed E-state index contributed by atoms with van der Waals surface area (Å²) in [6, 6.07) is 5.48. The van der Waals surface area contributed by atoms with E-state index in [2.05, 4.69) is 30.7 Å². The normalized spacial score (nSPS) is 13.4. The van der Waals surface area contributed by atoms with Crippen LogP contribution in [0, 0.1) is 5.82 Å². The van der Waals surface area contributed by atoms with E-state index in [0.717, 1.165) is 49.9 Å². The van der Waals surface area contributed by atoms with E-state index in [1.54, 1.807) is 12.1 Å². The first-order valence-electron chi connectivity index (χ1n) is 11.6. The average Bonchev–Trinajstić information content (AvgIpc) is 3.26. The summed E-state index contributed by atoms with van der Waals surface area (Å²) >= 11 is 0. The number of rotatable bonds is 15. The maximum absolute atomic E-state index is 14.4. The first-order valence-corrected chi connectivity index (χ1v) is 11.6. The summed E-state index contributed by atoms with van der Waals surface area (Å²) in [5.74, 6) is 2.05. The molecule has 3 nitrogen and oxygen atoms in total. The van der Waals surface area contributed by atoms with Crippen molar-refractivity contribution in [2.75, 3.05) is 6.61 Å². The molecule has 0 saturated heterocycles. The number of aromatic amines is 1. The number of halogens is 1. The molecular formula is C25H39FN2O. The Hall–Kier alpha value is -1.84. The van der Waals surface area contributed by atoms with Gasteiger partial charge in [0.05, 0.1) is 6.61 Å². The summed E-state index contributed by atoms with van der Waals surface area (Å²) in [6.07, 6.45) is 15.3. The molecule has 2 unspecified atom stereocenters. The van der Waals surface area contributed by atoms with Crippen LogP contribution in [0.3, 0.4) is 0 Å². The number of nitrogens with one attached hydrogen (secondary N) is 1. The Balaban J connectivity index is 1.72. The molecule has 4 heteroatoms. The number of hydrogen-bond acceptors (Lipinski definition) is 2. The summed E-state index contributed by atoms with van der Waals surface area (Å²) in [6.45, 7) is 7.21. The number of hydrogen-bond donors (Lipinski definition) is 1. The molecule has 2 aromatic rings. The molecule has 0 amide bonds. The largest absolute Gasteiger partial charge is 0.491 e. The molecule has 0 aliphatic carbocycles. The second-order valence-corrected chi connectivity index (χ2v) is 8.22. The van der Waals surface area contributed by atoms with Gasteiger partial charge in [-0.05, 0) is 49.3 Å². The van der Waals surface area contributed by atoms with Crippen molar-refractivity contribution in [2.24, 2.45) is 0 Å². The quantitative estimate of drug-likeness (QED) is 0.309. The minimum Gasteiger partial charge on any atom is -0.491 e. The number of ether oxygens (including phenoxy) is 1. The van der Waals surface area contributed by atoms with E-state index in [1.807, 2.05) is 18.5 Å². The van der Waals surface area contributed by atoms with Crippen molar-refractivity contribution in [3.8, 4) is 5.75 Å². The molecule has 29 heavy (non-hydrogen) atoms. The fraction of sp³-hybridized carbons (Fsp3) is 0.640. The molecule has 2 rings (SSSR count). The van der Waals surface area contributed by atoms with Crippen LogP contribution in [-0.2, 0) is 0 Å². The monoisotopic (exact) mass is 402 g/mol. The lowest BCUT2D eigenvalue weighted by molar-refractivity contribution is 0.289. The summed E-state index contributed by atoms with van der Waals surface area (Å²) in [4.78, 5) is 7.63. The van der Waals surface area contributed by atoms with Gasteiger partial charge in [-0.3, -0.25) is 0 Å². The molecule has 162 valence electrons. The van der Waals surface area contributed by atoms with Crippen molar-refractivity contribution in [2.45, 2.75) is 96.8 Å². The molecule has 1 heterocycles. The highest BCUT2D eigenvalue weighted by Crippen LogP contribution is 2.29. The van der Waals surface area contributed by atoms with Gasteiger partial charge in [0.2, 0.25) is 0 Å². The van der Waals surface area contributed by atoms with Crippen LogP contribution < -0.4 is 4.74 Å². The van der Waals surface area contributed by atoms with E-state index in [4.69, 9.17) is 4.74 Å². The lowest BCUT2D eigenvalue weighted by atomic mass is 9.91. The molecular weight excluding hydrogens is 363 g/mol. The van der Waals surface area contributed by atoms with E-state index in [1.165, 1.54) is 25.7 Å². The Labute approximate surface area is 176 Å². The summed E-state index contributed by atoms with van der Waals surface area (Å²) < 4.78 is 20.1. The number of H-pyrrole nitrogens is 1. The third-order valence-electron chi connectivity index (χ3n) is 5.87. The van der Waals surface area contributed by atoms with Gasteiger partial charge in [-0.15, -0.1) is 0 Å². The number of aromatic nitrogens is 2. The highest BCUT2D eigenvalue weighted by Gasteiger charge is 2.14. The third kappa shape index (κ3) is 8.20. The van der Waals surface area contributed by atoms with Gasteiger partial charge in [-0.25, -0.2) is 9.37 Å². The van der Waals surface area contributed by atoms with E-state index >= 15 is 0 Å². The molecule has 0 aliphatic heterocycles. The van der Waals surface area contributed by atoms with Gasteiger partial charge in [-0.2, -0.15) is 0 Å². The number of imidazole rings is 1. The van der Waals surface area contributed by atoms with Gasteiger partial charge in [-0.1, -0.05) is 65.4 Å². The zero-order valence-corrected chi connectivity index (χ0v) is 18.6. The van der Waals surface area contributed by atoms with Crippen molar-refractivity contribution in [1.29, 1.82) is 0 Å². The Kier molecular flexibility index (Phi) is 10.8. The lowest BCUT2D eigenvalue weighted by Gasteiger charge is -2.16. The van der Waals surface area contributed by atoms with Crippen LogP contribution in [-0.4, -0.2) is 16.6 Å². The highest BCUT2D eigenvalue weighted by atomic mass is 19.1. The first kappa shape index (κ1) is 23.4. The van der Waals surface area contributed by atoms with Crippen LogP contribution in [0.15, 0.2) is 30.6 Å². The molecule has 1 aromatic carbocycles. The number of unbranched alkanes of at least 4 members (excludes halogenated alkanes) is 5. The highest BCUT2D eigenvalue weighted by molar-refractivity contribution is 5.31. The number of benzene rings is 1. The Morgan fingerprint density at radius 3 is 2.52 bits per heavy atom. The smallest absolute Gasteiger partial charge is 0.165 e. The van der Waals surface area contributed by atoms with Crippen LogP contribution in [0.4, 0.5) is 4.39 Å². The van der Waals surface area contributed by atoms with Crippen LogP contribution in [0.1, 0.15) is 108 Å². The summed E-state index contributed by atoms with van der Waals surface area (Å²) in [5, 5.41) is 0. The molecule has 0 saturated carbocycles. The van der Waals surface area contributed by atoms with Crippen molar-refractivity contribution < 1.29 is 9.13 Å². The van der Waals surface area contributed by atoms with Gasteiger partial charge >= 0.3 is 0 Å². The van der Waals surface area contributed by atoms with E-state index in [0.29, 0.717) is 24.2 Å². The van der Waals surface area contributed by atoms with E-state index < -0.39 is 0 Å². The minimum atomic E-state index is -0.234. The zero-order valence-electron chi connectivity index (χ0n) is 18.6. The molecule has 0 spiro atoms. The van der Waals surface area contributed by atoms with E-state index in [9.17, 15) is 4.39 Å². The van der Waals surface area contributed by atoms with Crippen LogP contribution >= 0.6 is 0 Å². The molecule has 0 fully saturated rings. The second kappa shape index (κ2) is 13.4. The van der Waals surface area contributed by atoms with Gasteiger partial charge in [0.15, 0.2) is 11.6 Å². The molecule has 1 N–H and O–H groups in total. The van der Waals surface area contributed by atoms with Gasteiger partial charge in [0.25, 0.3) is 0 Å². The van der Waals surface area contributed by atoms with E-state index in [-0.39, 0.29) is 5.82 Å². The fourth-order valence-electron chi connectivity index (χ4n) is 3.88. The van der Waals surface area contributed by atoms with Gasteiger partial charge in [0.1, 0.15) is 5.82 Å². The van der Waals surface area contributed by atoms with Crippen molar-refractivity contribution in [3.63, 3.8) is 0 Å². The molecule has 0 radical (unpaired) electrons. The molecule has 0 bridgehead atoms. The molecule has 0 aliphatic rings. The lowest BCUT2D eigenvalue weighted by Crippen LogP contribution is -2.03. The fourth-order valence-corrected chi connectivity index (χ4v) is 3.88. The van der Waals surface area contributed by atoms with Crippen LogP contribution in [0.25, 0.3) is 0 Å². The van der Waals surface area contributed by atoms with Crippen molar-refractivity contribution >= 4 is 0 Å². The summed E-state index contributed by atoms with van der Waals surface area (Å²) in [5.41, 5.74) is 1.06. The average molecular weight is 403 g/mol. The summed E-state index contributed by atoms with van der Waals surface area (Å²) in [7, 11) is 0. The third-order valence-corrected chi connectivity index (χ3v) is 5.87. The topological polar surface area (TPSA) is 37.9 Å². The van der Waals surface area contributed by atoms with Gasteiger partial charge in [0, 0.05) is 18.3 Å². The van der Waals surface area contributed by atoms with Gasteiger partial charge < -0.3 is 9.72 Å². The van der Waals surface area contributed by atoms with Crippen molar-refractivity contribution in [3.05, 3.63) is 47.8 Å².